The van der Waals surface area contributed by atoms with Crippen molar-refractivity contribution in [2.45, 2.75) is 0 Å². The van der Waals surface area contributed by atoms with Crippen molar-refractivity contribution < 1.29 is 39.9 Å². The molecule has 0 fully saturated rings. The van der Waals surface area contributed by atoms with Gasteiger partial charge < -0.3 is 9.97 Å². The maximum absolute atomic E-state index is 4.62. The Hall–Kier alpha value is -2.11. The zero-order valence-corrected chi connectivity index (χ0v) is 18.4. The molecule has 2 aliphatic heterocycles. The Morgan fingerprint density at radius 1 is 0.500 bits per heavy atom. The van der Waals surface area contributed by atoms with E-state index < -0.39 is 0 Å². The predicted molar refractivity (Wildman–Crippen MR) is 98.9 cm³/mol. The minimum absolute atomic E-state index is 0. The van der Waals surface area contributed by atoms with E-state index >= 15 is 0 Å². The Morgan fingerprint density at radius 2 is 0.846 bits per heavy atom. The minimum atomic E-state index is 0. The van der Waals surface area contributed by atoms with Crippen LogP contribution in [0.2, 0.25) is 0 Å². The molecule has 0 aromatic carbocycles. The molecule has 6 heteroatoms. The maximum atomic E-state index is 4.62. The van der Waals surface area contributed by atoms with Crippen LogP contribution in [0.1, 0.15) is 22.8 Å². The molecule has 5 rings (SSSR count). The summed E-state index contributed by atoms with van der Waals surface area (Å²) in [6.45, 7) is 0. The fraction of sp³-hybridized carbons (Fsp3) is 0. The molecule has 5 heterocycles. The Balaban J connectivity index is 0.000000980. The Kier molecular flexibility index (Phi) is 5.48. The number of hydrogen-bond donors (Lipinski definition) is 2. The molecule has 2 aliphatic rings. The fourth-order valence-electron chi connectivity index (χ4n) is 2.94. The van der Waals surface area contributed by atoms with Crippen molar-refractivity contribution in [1.29, 1.82) is 0 Å². The van der Waals surface area contributed by atoms with Gasteiger partial charge in [-0.3, -0.25) is 0 Å². The van der Waals surface area contributed by atoms with Crippen LogP contribution < -0.4 is 0 Å². The average Bonchev–Trinajstić information content (AvgIpc) is 3.32. The summed E-state index contributed by atoms with van der Waals surface area (Å²) in [4.78, 5) is 16.0. The van der Waals surface area contributed by atoms with E-state index in [-0.39, 0.29) is 39.9 Å². The van der Waals surface area contributed by atoms with Gasteiger partial charge in [0, 0.05) is 62.0 Å². The van der Waals surface area contributed by atoms with Gasteiger partial charge in [0.25, 0.3) is 0 Å². The molecule has 26 heavy (non-hydrogen) atoms. The van der Waals surface area contributed by atoms with Crippen molar-refractivity contribution in [1.82, 2.24) is 19.9 Å². The Bertz CT molecular complexity index is 1080. The third-order valence-electron chi connectivity index (χ3n) is 4.04. The van der Waals surface area contributed by atoms with E-state index in [1.807, 2.05) is 42.5 Å². The number of rotatable bonds is 0. The van der Waals surface area contributed by atoms with Crippen molar-refractivity contribution in [3.8, 4) is 0 Å². The SMILES string of the molecule is C1=Cc2cc3ccc(cc4ccc(cc5nc(cc1n2)C=C5)[nH]4)[nH]3.[Pd].[Zn]. The first-order valence-corrected chi connectivity index (χ1v) is 7.85. The second-order valence-electron chi connectivity index (χ2n) is 5.91. The monoisotopic (exact) mass is 480 g/mol. The third kappa shape index (κ3) is 3.84. The maximum Gasteiger partial charge on any atom is 0.0659 e. The molecule has 3 aromatic rings. The molecular formula is C20H14N4PdZn. The normalized spacial score (nSPS) is 11.7. The second-order valence-corrected chi connectivity index (χ2v) is 5.91. The molecule has 3 aromatic heterocycles. The van der Waals surface area contributed by atoms with Gasteiger partial charge in [0.05, 0.1) is 22.8 Å². The van der Waals surface area contributed by atoms with Gasteiger partial charge in [-0.05, 0) is 72.8 Å². The average molecular weight is 482 g/mol. The first-order valence-electron chi connectivity index (χ1n) is 7.85. The van der Waals surface area contributed by atoms with Crippen molar-refractivity contribution in [2.24, 2.45) is 0 Å². The van der Waals surface area contributed by atoms with Crippen molar-refractivity contribution in [3.05, 3.63) is 71.3 Å². The van der Waals surface area contributed by atoms with Crippen LogP contribution in [0.25, 0.3) is 46.4 Å². The van der Waals surface area contributed by atoms with Crippen LogP contribution in [0.4, 0.5) is 0 Å². The molecule has 0 saturated carbocycles. The van der Waals surface area contributed by atoms with Crippen LogP contribution in [0.5, 0.6) is 0 Å². The van der Waals surface area contributed by atoms with Crippen LogP contribution in [0.3, 0.4) is 0 Å². The summed E-state index contributed by atoms with van der Waals surface area (Å²) in [6, 6.07) is 16.4. The van der Waals surface area contributed by atoms with Gasteiger partial charge in [-0.25, -0.2) is 9.97 Å². The van der Waals surface area contributed by atoms with Gasteiger partial charge in [-0.15, -0.1) is 0 Å². The van der Waals surface area contributed by atoms with Gasteiger partial charge in [0.2, 0.25) is 0 Å². The molecule has 0 aliphatic carbocycles. The zero-order chi connectivity index (χ0) is 15.9. The predicted octanol–water partition coefficient (Wildman–Crippen LogP) is 4.65. The summed E-state index contributed by atoms with van der Waals surface area (Å²) in [5, 5.41) is 0. The number of fused-ring (bicyclic) bond motifs is 8. The van der Waals surface area contributed by atoms with E-state index in [0.29, 0.717) is 0 Å². The van der Waals surface area contributed by atoms with E-state index in [0.717, 1.165) is 44.8 Å². The number of nitrogens with one attached hydrogen (secondary N) is 2. The molecule has 8 bridgehead atoms. The van der Waals surface area contributed by atoms with E-state index in [2.05, 4.69) is 50.3 Å². The largest absolute Gasteiger partial charge is 0.355 e. The van der Waals surface area contributed by atoms with E-state index in [9.17, 15) is 0 Å². The fourth-order valence-corrected chi connectivity index (χ4v) is 2.94. The van der Waals surface area contributed by atoms with Crippen LogP contribution in [0.15, 0.2) is 48.5 Å². The molecule has 4 nitrogen and oxygen atoms in total. The second kappa shape index (κ2) is 7.64. The number of H-pyrrole nitrogens is 2. The van der Waals surface area contributed by atoms with Crippen LogP contribution in [-0.2, 0) is 39.9 Å². The first kappa shape index (κ1) is 18.7. The van der Waals surface area contributed by atoms with E-state index in [1.54, 1.807) is 0 Å². The van der Waals surface area contributed by atoms with Crippen molar-refractivity contribution in [2.75, 3.05) is 0 Å². The van der Waals surface area contributed by atoms with Crippen molar-refractivity contribution in [3.63, 3.8) is 0 Å². The zero-order valence-electron chi connectivity index (χ0n) is 13.8. The molecule has 0 amide bonds. The molecule has 0 saturated heterocycles. The summed E-state index contributed by atoms with van der Waals surface area (Å²) in [7, 11) is 0. The Labute approximate surface area is 176 Å². The van der Waals surface area contributed by atoms with E-state index in [1.165, 1.54) is 0 Å². The van der Waals surface area contributed by atoms with Crippen molar-refractivity contribution >= 4 is 46.4 Å². The molecule has 0 radical (unpaired) electrons. The number of aromatic nitrogens is 4. The quantitative estimate of drug-likeness (QED) is 0.316. The summed E-state index contributed by atoms with van der Waals surface area (Å²) in [5.74, 6) is 0. The van der Waals surface area contributed by atoms with E-state index in [4.69, 9.17) is 0 Å². The molecule has 0 spiro atoms. The Morgan fingerprint density at radius 3 is 1.27 bits per heavy atom. The minimum Gasteiger partial charge on any atom is -0.355 e. The smallest absolute Gasteiger partial charge is 0.0659 e. The third-order valence-corrected chi connectivity index (χ3v) is 4.04. The summed E-state index contributed by atoms with van der Waals surface area (Å²) < 4.78 is 0. The van der Waals surface area contributed by atoms with Crippen LogP contribution in [-0.4, -0.2) is 19.9 Å². The molecular weight excluding hydrogens is 468 g/mol. The summed E-state index contributed by atoms with van der Waals surface area (Å²) >= 11 is 0. The first-order chi connectivity index (χ1) is 11.8. The van der Waals surface area contributed by atoms with Gasteiger partial charge in [-0.1, -0.05) is 0 Å². The topological polar surface area (TPSA) is 57.4 Å². The summed E-state index contributed by atoms with van der Waals surface area (Å²) in [5.41, 5.74) is 7.86. The number of hydrogen-bond acceptors (Lipinski definition) is 2. The van der Waals surface area contributed by atoms with Crippen LogP contribution >= 0.6 is 0 Å². The summed E-state index contributed by atoms with van der Waals surface area (Å²) in [6.07, 6.45) is 8.05. The molecule has 126 valence electrons. The van der Waals surface area contributed by atoms with Gasteiger partial charge >= 0.3 is 0 Å². The van der Waals surface area contributed by atoms with Crippen LogP contribution in [0, 0.1) is 0 Å². The van der Waals surface area contributed by atoms with Gasteiger partial charge in [0.15, 0.2) is 0 Å². The molecule has 0 unspecified atom stereocenters. The number of nitrogens with zero attached hydrogens (tertiary/aromatic N) is 2. The van der Waals surface area contributed by atoms with Gasteiger partial charge in [0.1, 0.15) is 0 Å². The molecule has 2 N–H and O–H groups in total. The molecule has 0 atom stereocenters. The van der Waals surface area contributed by atoms with Gasteiger partial charge in [-0.2, -0.15) is 0 Å². The number of aromatic amines is 2. The standard InChI is InChI=1S/C20H14N4.Pd.Zn/c1-2-14-10-16-5-6-18(23-16)12-20-8-7-19(24-20)11-17-4-3-15(22-17)9-13(1)21-14;;/h1-12,21-22H;;.